The number of thiol groups is 1. The van der Waals surface area contributed by atoms with E-state index in [1.54, 1.807) is 6.08 Å². The number of carbonyl (C=O) groups excluding carboxylic acids is 1. The maximum Gasteiger partial charge on any atom is 0.312 e. The van der Waals surface area contributed by atoms with Crippen molar-refractivity contribution in [3.8, 4) is 0 Å². The zero-order chi connectivity index (χ0) is 8.27. The van der Waals surface area contributed by atoms with Gasteiger partial charge in [-0.25, -0.2) is 0 Å². The van der Waals surface area contributed by atoms with Crippen molar-refractivity contribution in [1.82, 2.24) is 0 Å². The monoisotopic (exact) mass is 170 g/mol. The number of hydrogen-bond donors (Lipinski definition) is 1. The normalized spacial score (nSPS) is 22.7. The lowest BCUT2D eigenvalue weighted by Gasteiger charge is -2.11. The van der Waals surface area contributed by atoms with E-state index in [-0.39, 0.29) is 11.9 Å². The third kappa shape index (κ3) is 2.12. The minimum atomic E-state index is -0.194. The standard InChI is InChI=1S/C8H10O2S/c1-10-8(9)6-3-2-4-7(11)5-6/h2,4-6,11H,3H2,1H3. The molecule has 0 amide bonds. The van der Waals surface area contributed by atoms with Gasteiger partial charge in [0.15, 0.2) is 0 Å². The summed E-state index contributed by atoms with van der Waals surface area (Å²) in [7, 11) is 1.40. The van der Waals surface area contributed by atoms with E-state index < -0.39 is 0 Å². The van der Waals surface area contributed by atoms with E-state index in [0.29, 0.717) is 0 Å². The van der Waals surface area contributed by atoms with Crippen LogP contribution >= 0.6 is 12.6 Å². The van der Waals surface area contributed by atoms with Gasteiger partial charge in [0.1, 0.15) is 0 Å². The summed E-state index contributed by atoms with van der Waals surface area (Å²) in [4.78, 5) is 11.8. The quantitative estimate of drug-likeness (QED) is 0.477. The third-order valence-electron chi connectivity index (χ3n) is 1.55. The number of esters is 1. The number of rotatable bonds is 1. The van der Waals surface area contributed by atoms with Gasteiger partial charge in [0.05, 0.1) is 13.0 Å². The smallest absolute Gasteiger partial charge is 0.312 e. The van der Waals surface area contributed by atoms with Crippen LogP contribution in [-0.2, 0) is 9.53 Å². The fourth-order valence-electron chi connectivity index (χ4n) is 0.981. The molecule has 0 heterocycles. The summed E-state index contributed by atoms with van der Waals surface area (Å²) in [6.45, 7) is 0. The SMILES string of the molecule is COC(=O)C1C=C(S)C=CC1. The second-order valence-corrected chi connectivity index (χ2v) is 2.88. The van der Waals surface area contributed by atoms with Crippen LogP contribution in [0.5, 0.6) is 0 Å². The molecule has 1 aliphatic carbocycles. The molecule has 1 aliphatic rings. The van der Waals surface area contributed by atoms with Crippen LogP contribution in [-0.4, -0.2) is 13.1 Å². The van der Waals surface area contributed by atoms with E-state index in [0.717, 1.165) is 11.3 Å². The Balaban J connectivity index is 2.63. The summed E-state index contributed by atoms with van der Waals surface area (Å²) in [6.07, 6.45) is 6.32. The zero-order valence-electron chi connectivity index (χ0n) is 6.28. The molecule has 11 heavy (non-hydrogen) atoms. The maximum atomic E-state index is 11.0. The van der Waals surface area contributed by atoms with Crippen molar-refractivity contribution in [2.75, 3.05) is 7.11 Å². The van der Waals surface area contributed by atoms with Crippen molar-refractivity contribution < 1.29 is 9.53 Å². The minimum Gasteiger partial charge on any atom is -0.469 e. The van der Waals surface area contributed by atoms with E-state index in [2.05, 4.69) is 17.4 Å². The number of carbonyl (C=O) groups is 1. The van der Waals surface area contributed by atoms with Crippen molar-refractivity contribution in [3.05, 3.63) is 23.1 Å². The molecule has 0 spiro atoms. The number of ether oxygens (including phenoxy) is 1. The highest BCUT2D eigenvalue weighted by Gasteiger charge is 2.16. The molecular formula is C8H10O2S. The van der Waals surface area contributed by atoms with Gasteiger partial charge in [-0.2, -0.15) is 0 Å². The largest absolute Gasteiger partial charge is 0.469 e. The summed E-state index contributed by atoms with van der Waals surface area (Å²) in [6, 6.07) is 0. The highest BCUT2D eigenvalue weighted by molar-refractivity contribution is 7.84. The van der Waals surface area contributed by atoms with Crippen LogP contribution in [0.2, 0.25) is 0 Å². The minimum absolute atomic E-state index is 0.141. The number of hydrogen-bond acceptors (Lipinski definition) is 3. The molecule has 60 valence electrons. The molecule has 3 heteroatoms. The first-order valence-electron chi connectivity index (χ1n) is 3.39. The Morgan fingerprint density at radius 3 is 3.09 bits per heavy atom. The molecule has 0 aliphatic heterocycles. The van der Waals surface area contributed by atoms with E-state index in [1.807, 2.05) is 12.2 Å². The number of methoxy groups -OCH3 is 1. The Kier molecular flexibility index (Phi) is 2.76. The predicted molar refractivity (Wildman–Crippen MR) is 46.3 cm³/mol. The van der Waals surface area contributed by atoms with Gasteiger partial charge in [-0.3, -0.25) is 4.79 Å². The fourth-order valence-corrected chi connectivity index (χ4v) is 1.27. The molecule has 0 saturated heterocycles. The molecule has 2 nitrogen and oxygen atoms in total. The highest BCUT2D eigenvalue weighted by Crippen LogP contribution is 2.19. The molecule has 0 aromatic carbocycles. The van der Waals surface area contributed by atoms with Crippen LogP contribution in [0.3, 0.4) is 0 Å². The van der Waals surface area contributed by atoms with Crippen LogP contribution in [0.4, 0.5) is 0 Å². The van der Waals surface area contributed by atoms with Crippen molar-refractivity contribution in [1.29, 1.82) is 0 Å². The Bertz CT molecular complexity index is 218. The molecule has 0 bridgehead atoms. The van der Waals surface area contributed by atoms with Gasteiger partial charge < -0.3 is 4.74 Å². The van der Waals surface area contributed by atoms with Gasteiger partial charge in [0.25, 0.3) is 0 Å². The number of allylic oxidation sites excluding steroid dienone is 2. The van der Waals surface area contributed by atoms with Gasteiger partial charge >= 0.3 is 5.97 Å². The highest BCUT2D eigenvalue weighted by atomic mass is 32.1. The summed E-state index contributed by atoms with van der Waals surface area (Å²) < 4.78 is 4.59. The third-order valence-corrected chi connectivity index (χ3v) is 1.85. The van der Waals surface area contributed by atoms with Crippen LogP contribution in [0.1, 0.15) is 6.42 Å². The second kappa shape index (κ2) is 3.62. The molecule has 0 N–H and O–H groups in total. The molecule has 0 aromatic heterocycles. The van der Waals surface area contributed by atoms with Crippen LogP contribution in [0, 0.1) is 5.92 Å². The Morgan fingerprint density at radius 2 is 2.55 bits per heavy atom. The van der Waals surface area contributed by atoms with Gasteiger partial charge in [0, 0.05) is 4.91 Å². The predicted octanol–water partition coefficient (Wildman–Crippen LogP) is 1.55. The van der Waals surface area contributed by atoms with Gasteiger partial charge in [-0.15, -0.1) is 12.6 Å². The van der Waals surface area contributed by atoms with Crippen LogP contribution < -0.4 is 0 Å². The van der Waals surface area contributed by atoms with Gasteiger partial charge in [-0.05, 0) is 6.42 Å². The van der Waals surface area contributed by atoms with E-state index in [9.17, 15) is 4.79 Å². The van der Waals surface area contributed by atoms with Crippen molar-refractivity contribution >= 4 is 18.6 Å². The first-order valence-corrected chi connectivity index (χ1v) is 3.84. The lowest BCUT2D eigenvalue weighted by molar-refractivity contribution is -0.143. The summed E-state index contributed by atoms with van der Waals surface area (Å²) in [5, 5.41) is 0. The van der Waals surface area contributed by atoms with Crippen molar-refractivity contribution in [2.24, 2.45) is 5.92 Å². The van der Waals surface area contributed by atoms with Crippen molar-refractivity contribution in [2.45, 2.75) is 6.42 Å². The van der Waals surface area contributed by atoms with Crippen LogP contribution in [0.25, 0.3) is 0 Å². The molecular weight excluding hydrogens is 160 g/mol. The molecule has 0 radical (unpaired) electrons. The summed E-state index contributed by atoms with van der Waals surface area (Å²) in [5.74, 6) is -0.335. The van der Waals surface area contributed by atoms with E-state index in [4.69, 9.17) is 0 Å². The molecule has 1 atom stereocenters. The Hall–Kier alpha value is -0.700. The molecule has 1 unspecified atom stereocenters. The topological polar surface area (TPSA) is 26.3 Å². The first kappa shape index (κ1) is 8.40. The average Bonchev–Trinajstić information content (AvgIpc) is 2.03. The van der Waals surface area contributed by atoms with E-state index >= 15 is 0 Å². The molecule has 0 aromatic rings. The first-order chi connectivity index (χ1) is 5.24. The van der Waals surface area contributed by atoms with Crippen molar-refractivity contribution in [3.63, 3.8) is 0 Å². The molecule has 0 saturated carbocycles. The fraction of sp³-hybridized carbons (Fsp3) is 0.375. The Morgan fingerprint density at radius 1 is 1.82 bits per heavy atom. The van der Waals surface area contributed by atoms with Gasteiger partial charge in [-0.1, -0.05) is 18.2 Å². The second-order valence-electron chi connectivity index (χ2n) is 2.36. The lowest BCUT2D eigenvalue weighted by atomic mass is 10.0. The molecule has 1 rings (SSSR count). The lowest BCUT2D eigenvalue weighted by Crippen LogP contribution is -2.14. The maximum absolute atomic E-state index is 11.0. The van der Waals surface area contributed by atoms with E-state index in [1.165, 1.54) is 7.11 Å². The van der Waals surface area contributed by atoms with Gasteiger partial charge in [0.2, 0.25) is 0 Å². The van der Waals surface area contributed by atoms with Crippen LogP contribution in [0.15, 0.2) is 23.1 Å². The average molecular weight is 170 g/mol. The zero-order valence-corrected chi connectivity index (χ0v) is 7.17. The molecule has 0 fully saturated rings. The summed E-state index contributed by atoms with van der Waals surface area (Å²) >= 11 is 4.12. The summed E-state index contributed by atoms with van der Waals surface area (Å²) in [5.41, 5.74) is 0. The Labute approximate surface area is 71.3 Å².